The number of hydrogen-bond donors (Lipinski definition) is 1. The minimum absolute atomic E-state index is 0.00638. The van der Waals surface area contributed by atoms with Gasteiger partial charge in [-0.3, -0.25) is 4.79 Å². The molecule has 6 heteroatoms. The third-order valence-electron chi connectivity index (χ3n) is 4.90. The van der Waals surface area contributed by atoms with E-state index in [2.05, 4.69) is 21.2 Å². The van der Waals surface area contributed by atoms with Crippen LogP contribution in [0.25, 0.3) is 6.08 Å². The number of carbonyl (C=O) groups is 1. The van der Waals surface area contributed by atoms with Gasteiger partial charge >= 0.3 is 0 Å². The Morgan fingerprint density at radius 1 is 1.03 bits per heavy atom. The van der Waals surface area contributed by atoms with Crippen LogP contribution < -0.4 is 14.8 Å². The standard InChI is InChI=1S/C27H25BrN2O3/c1-3-21-7-5-6-8-24(21)30-27(31)22(17-29)15-20-11-14-25(26(16-20)32-4-2)33-18-19-9-12-23(28)13-10-19/h5-16H,3-4,18H2,1-2H3,(H,30,31)/b22-15+. The Morgan fingerprint density at radius 3 is 2.48 bits per heavy atom. The van der Waals surface area contributed by atoms with Crippen LogP contribution in [0.4, 0.5) is 5.69 Å². The molecule has 5 nitrogen and oxygen atoms in total. The summed E-state index contributed by atoms with van der Waals surface area (Å²) in [5.41, 5.74) is 3.42. The monoisotopic (exact) mass is 504 g/mol. The van der Waals surface area contributed by atoms with Gasteiger partial charge in [0.25, 0.3) is 5.91 Å². The number of aryl methyl sites for hydroxylation is 1. The number of nitrogens with zero attached hydrogens (tertiary/aromatic N) is 1. The Hall–Kier alpha value is -3.56. The van der Waals surface area contributed by atoms with E-state index in [0.29, 0.717) is 36.0 Å². The average Bonchev–Trinajstić information content (AvgIpc) is 2.83. The van der Waals surface area contributed by atoms with Crippen LogP contribution in [-0.2, 0) is 17.8 Å². The Bertz CT molecular complexity index is 1180. The van der Waals surface area contributed by atoms with Crippen LogP contribution in [0.5, 0.6) is 11.5 Å². The van der Waals surface area contributed by atoms with Crippen molar-refractivity contribution < 1.29 is 14.3 Å². The highest BCUT2D eigenvalue weighted by atomic mass is 79.9. The highest BCUT2D eigenvalue weighted by Gasteiger charge is 2.13. The van der Waals surface area contributed by atoms with Gasteiger partial charge in [-0.2, -0.15) is 5.26 Å². The summed E-state index contributed by atoms with van der Waals surface area (Å²) in [7, 11) is 0. The van der Waals surface area contributed by atoms with Crippen molar-refractivity contribution in [1.29, 1.82) is 5.26 Å². The Kier molecular flexibility index (Phi) is 8.68. The van der Waals surface area contributed by atoms with Crippen molar-refractivity contribution in [3.63, 3.8) is 0 Å². The van der Waals surface area contributed by atoms with Gasteiger partial charge in [-0.1, -0.05) is 59.3 Å². The fraction of sp³-hybridized carbons (Fsp3) is 0.185. The van der Waals surface area contributed by atoms with Crippen molar-refractivity contribution >= 4 is 33.6 Å². The summed E-state index contributed by atoms with van der Waals surface area (Å²) in [6.45, 7) is 4.76. The van der Waals surface area contributed by atoms with Crippen LogP contribution in [0.15, 0.2) is 76.8 Å². The molecule has 0 aliphatic carbocycles. The van der Waals surface area contributed by atoms with Crippen molar-refractivity contribution in [3.05, 3.63) is 93.5 Å². The van der Waals surface area contributed by atoms with Crippen LogP contribution in [0.2, 0.25) is 0 Å². The SMILES string of the molecule is CCOc1cc(/C=C(\C#N)C(=O)Nc2ccccc2CC)ccc1OCc1ccc(Br)cc1. The van der Waals surface area contributed by atoms with Gasteiger partial charge in [0.15, 0.2) is 11.5 Å². The van der Waals surface area contributed by atoms with Crippen LogP contribution in [-0.4, -0.2) is 12.5 Å². The van der Waals surface area contributed by atoms with Crippen molar-refractivity contribution in [2.24, 2.45) is 0 Å². The molecule has 0 bridgehead atoms. The van der Waals surface area contributed by atoms with Crippen molar-refractivity contribution in [1.82, 2.24) is 0 Å². The normalized spacial score (nSPS) is 10.9. The lowest BCUT2D eigenvalue weighted by molar-refractivity contribution is -0.112. The molecule has 33 heavy (non-hydrogen) atoms. The molecule has 1 N–H and O–H groups in total. The van der Waals surface area contributed by atoms with Gasteiger partial charge in [-0.05, 0) is 66.4 Å². The first-order chi connectivity index (χ1) is 16.0. The Labute approximate surface area is 202 Å². The van der Waals surface area contributed by atoms with Crippen LogP contribution in [0.3, 0.4) is 0 Å². The van der Waals surface area contributed by atoms with Gasteiger partial charge in [0, 0.05) is 10.2 Å². The van der Waals surface area contributed by atoms with Crippen LogP contribution in [0, 0.1) is 11.3 Å². The quantitative estimate of drug-likeness (QED) is 0.265. The second-order valence-electron chi connectivity index (χ2n) is 7.19. The summed E-state index contributed by atoms with van der Waals surface area (Å²) in [4.78, 5) is 12.7. The molecule has 3 rings (SSSR count). The van der Waals surface area contributed by atoms with E-state index in [1.54, 1.807) is 24.3 Å². The Morgan fingerprint density at radius 2 is 1.79 bits per heavy atom. The lowest BCUT2D eigenvalue weighted by atomic mass is 10.1. The molecule has 0 heterocycles. The summed E-state index contributed by atoms with van der Waals surface area (Å²) >= 11 is 3.42. The molecule has 0 unspecified atom stereocenters. The zero-order valence-corrected chi connectivity index (χ0v) is 20.2. The number of halogens is 1. The molecule has 1 amide bonds. The van der Waals surface area contributed by atoms with E-state index >= 15 is 0 Å². The fourth-order valence-corrected chi connectivity index (χ4v) is 3.46. The number of nitriles is 1. The predicted molar refractivity (Wildman–Crippen MR) is 134 cm³/mol. The van der Waals surface area contributed by atoms with Crippen molar-refractivity contribution in [3.8, 4) is 17.6 Å². The summed E-state index contributed by atoms with van der Waals surface area (Å²) in [6, 6.07) is 22.8. The van der Waals surface area contributed by atoms with E-state index in [1.165, 1.54) is 0 Å². The molecule has 0 aliphatic rings. The van der Waals surface area contributed by atoms with Gasteiger partial charge in [-0.15, -0.1) is 0 Å². The zero-order chi connectivity index (χ0) is 23.6. The highest BCUT2D eigenvalue weighted by Crippen LogP contribution is 2.30. The first-order valence-electron chi connectivity index (χ1n) is 10.7. The molecular formula is C27H25BrN2O3. The summed E-state index contributed by atoms with van der Waals surface area (Å²) in [6.07, 6.45) is 2.33. The first kappa shape index (κ1) is 24.1. The van der Waals surface area contributed by atoms with E-state index in [1.807, 2.05) is 68.4 Å². The van der Waals surface area contributed by atoms with E-state index < -0.39 is 5.91 Å². The number of rotatable bonds is 9. The molecule has 3 aromatic rings. The number of carbonyl (C=O) groups excluding carboxylic acids is 1. The molecule has 0 aromatic heterocycles. The summed E-state index contributed by atoms with van der Waals surface area (Å²) in [5.74, 6) is 0.695. The summed E-state index contributed by atoms with van der Waals surface area (Å²) in [5, 5.41) is 12.4. The third-order valence-corrected chi connectivity index (χ3v) is 5.43. The van der Waals surface area contributed by atoms with E-state index in [9.17, 15) is 10.1 Å². The molecule has 3 aromatic carbocycles. The molecule has 0 radical (unpaired) electrons. The van der Waals surface area contributed by atoms with Crippen molar-refractivity contribution in [2.75, 3.05) is 11.9 Å². The Balaban J connectivity index is 1.79. The molecule has 0 saturated heterocycles. The van der Waals surface area contributed by atoms with Crippen LogP contribution >= 0.6 is 15.9 Å². The molecular weight excluding hydrogens is 480 g/mol. The number of ether oxygens (including phenoxy) is 2. The molecule has 0 saturated carbocycles. The topological polar surface area (TPSA) is 71.3 Å². The van der Waals surface area contributed by atoms with Gasteiger partial charge < -0.3 is 14.8 Å². The summed E-state index contributed by atoms with van der Waals surface area (Å²) < 4.78 is 12.7. The molecule has 0 fully saturated rings. The highest BCUT2D eigenvalue weighted by molar-refractivity contribution is 9.10. The lowest BCUT2D eigenvalue weighted by Gasteiger charge is -2.13. The molecule has 168 valence electrons. The molecule has 0 spiro atoms. The number of benzene rings is 3. The first-order valence-corrected chi connectivity index (χ1v) is 11.5. The largest absolute Gasteiger partial charge is 0.490 e. The number of nitrogens with one attached hydrogen (secondary N) is 1. The second kappa shape index (κ2) is 11.9. The fourth-order valence-electron chi connectivity index (χ4n) is 3.20. The lowest BCUT2D eigenvalue weighted by Crippen LogP contribution is -2.14. The van der Waals surface area contributed by atoms with E-state index in [-0.39, 0.29) is 5.57 Å². The third kappa shape index (κ3) is 6.71. The van der Waals surface area contributed by atoms with Crippen molar-refractivity contribution in [2.45, 2.75) is 26.9 Å². The van der Waals surface area contributed by atoms with E-state index in [0.717, 1.165) is 22.0 Å². The average molecular weight is 505 g/mol. The molecule has 0 atom stereocenters. The minimum Gasteiger partial charge on any atom is -0.490 e. The molecule has 0 aliphatic heterocycles. The zero-order valence-electron chi connectivity index (χ0n) is 18.6. The maximum Gasteiger partial charge on any atom is 0.266 e. The maximum atomic E-state index is 12.7. The van der Waals surface area contributed by atoms with E-state index in [4.69, 9.17) is 9.47 Å². The van der Waals surface area contributed by atoms with Gasteiger partial charge in [0.1, 0.15) is 18.2 Å². The predicted octanol–water partition coefficient (Wildman–Crippen LogP) is 6.53. The second-order valence-corrected chi connectivity index (χ2v) is 8.10. The minimum atomic E-state index is -0.452. The number of para-hydroxylation sites is 1. The van der Waals surface area contributed by atoms with Gasteiger partial charge in [-0.25, -0.2) is 0 Å². The van der Waals surface area contributed by atoms with Gasteiger partial charge in [0.05, 0.1) is 6.61 Å². The number of hydrogen-bond acceptors (Lipinski definition) is 4. The van der Waals surface area contributed by atoms with Gasteiger partial charge in [0.2, 0.25) is 0 Å². The number of anilines is 1. The maximum absolute atomic E-state index is 12.7. The smallest absolute Gasteiger partial charge is 0.266 e. The number of amides is 1. The van der Waals surface area contributed by atoms with Crippen LogP contribution in [0.1, 0.15) is 30.5 Å².